The van der Waals surface area contributed by atoms with Crippen LogP contribution in [0.4, 0.5) is 0 Å². The van der Waals surface area contributed by atoms with Gasteiger partial charge in [-0.1, -0.05) is 17.7 Å². The number of hydrogen-bond donors (Lipinski definition) is 0. The van der Waals surface area contributed by atoms with Crippen molar-refractivity contribution < 1.29 is 28.3 Å². The van der Waals surface area contributed by atoms with Crippen LogP contribution >= 0.6 is 0 Å². The molecule has 0 unspecified atom stereocenters. The molecule has 0 aliphatic rings. The van der Waals surface area contributed by atoms with Gasteiger partial charge in [-0.3, -0.25) is 0 Å². The Hall–Kier alpha value is -1.36. The molecule has 0 bridgehead atoms. The molecule has 0 N–H and O–H groups in total. The quantitative estimate of drug-likeness (QED) is 0.542. The average Bonchev–Trinajstić information content (AvgIpc) is 2.39. The molecule has 3 heteroatoms. The van der Waals surface area contributed by atoms with E-state index >= 15 is 0 Å². The molecular formula is C14H13LiO2. The first-order valence-electron chi connectivity index (χ1n) is 5.03. The summed E-state index contributed by atoms with van der Waals surface area (Å²) in [6, 6.07) is 16.8. The minimum Gasteiger partial charge on any atom is -0.540 e. The summed E-state index contributed by atoms with van der Waals surface area (Å²) >= 11 is 0. The van der Waals surface area contributed by atoms with Gasteiger partial charge in [-0.15, -0.1) is 29.8 Å². The Balaban J connectivity index is 0.00000144. The monoisotopic (exact) mass is 220 g/mol. The Morgan fingerprint density at radius 1 is 0.824 bits per heavy atom. The molecule has 0 fully saturated rings. The average molecular weight is 220 g/mol. The molecule has 0 aromatic heterocycles. The van der Waals surface area contributed by atoms with Crippen molar-refractivity contribution in [1.82, 2.24) is 0 Å². The van der Waals surface area contributed by atoms with Gasteiger partial charge in [-0.2, -0.15) is 0 Å². The summed E-state index contributed by atoms with van der Waals surface area (Å²) in [6.45, 7) is 0. The van der Waals surface area contributed by atoms with Crippen LogP contribution in [0.3, 0.4) is 0 Å². The first kappa shape index (κ1) is 13.7. The third-order valence-electron chi connectivity index (χ3n) is 2.42. The molecule has 0 atom stereocenters. The smallest absolute Gasteiger partial charge is 0.540 e. The van der Waals surface area contributed by atoms with Crippen LogP contribution in [-0.4, -0.2) is 14.2 Å². The van der Waals surface area contributed by atoms with Gasteiger partial charge < -0.3 is 9.47 Å². The van der Waals surface area contributed by atoms with Crippen molar-refractivity contribution in [2.45, 2.75) is 0 Å². The molecule has 0 aliphatic carbocycles. The van der Waals surface area contributed by atoms with Crippen molar-refractivity contribution in [1.29, 1.82) is 0 Å². The van der Waals surface area contributed by atoms with E-state index in [1.54, 1.807) is 14.2 Å². The predicted molar refractivity (Wildman–Crippen MR) is 63.8 cm³/mol. The predicted octanol–water partition coefficient (Wildman–Crippen LogP) is 0.175. The summed E-state index contributed by atoms with van der Waals surface area (Å²) in [5, 5.41) is 0. The van der Waals surface area contributed by atoms with Crippen molar-refractivity contribution >= 4 is 0 Å². The number of ether oxygens (including phenoxy) is 2. The van der Waals surface area contributed by atoms with E-state index in [1.807, 2.05) is 42.5 Å². The SMILES string of the molecule is COc1c[c-]c(-c2ccc(OC)cc2)cc1.[Li+]. The summed E-state index contributed by atoms with van der Waals surface area (Å²) in [7, 11) is 3.31. The van der Waals surface area contributed by atoms with Gasteiger partial charge in [0, 0.05) is 5.75 Å². The summed E-state index contributed by atoms with van der Waals surface area (Å²) in [4.78, 5) is 0. The third-order valence-corrected chi connectivity index (χ3v) is 2.42. The number of rotatable bonds is 3. The van der Waals surface area contributed by atoms with Gasteiger partial charge in [0.15, 0.2) is 0 Å². The Morgan fingerprint density at radius 2 is 1.41 bits per heavy atom. The maximum atomic E-state index is 5.11. The molecular weight excluding hydrogens is 207 g/mol. The van der Waals surface area contributed by atoms with Crippen LogP contribution in [0.1, 0.15) is 0 Å². The molecule has 2 aromatic rings. The molecule has 0 radical (unpaired) electrons. The Morgan fingerprint density at radius 3 is 1.88 bits per heavy atom. The van der Waals surface area contributed by atoms with E-state index in [2.05, 4.69) is 6.07 Å². The molecule has 0 heterocycles. The van der Waals surface area contributed by atoms with Crippen LogP contribution in [0.25, 0.3) is 11.1 Å². The fourth-order valence-corrected chi connectivity index (χ4v) is 1.49. The molecule has 0 aliphatic heterocycles. The molecule has 0 amide bonds. The Labute approximate surface area is 114 Å². The fourth-order valence-electron chi connectivity index (χ4n) is 1.49. The molecule has 0 saturated heterocycles. The summed E-state index contributed by atoms with van der Waals surface area (Å²) in [5.74, 6) is 1.68. The maximum absolute atomic E-state index is 5.11. The van der Waals surface area contributed by atoms with Crippen molar-refractivity contribution in [3.8, 4) is 22.6 Å². The van der Waals surface area contributed by atoms with Crippen LogP contribution < -0.4 is 28.3 Å². The van der Waals surface area contributed by atoms with Gasteiger partial charge in [0.2, 0.25) is 0 Å². The van der Waals surface area contributed by atoms with Gasteiger partial charge >= 0.3 is 18.9 Å². The molecule has 17 heavy (non-hydrogen) atoms. The normalized spacial score (nSPS) is 9.29. The molecule has 2 rings (SSSR count). The Bertz CT molecular complexity index is 403. The van der Waals surface area contributed by atoms with E-state index in [9.17, 15) is 0 Å². The topological polar surface area (TPSA) is 18.5 Å². The van der Waals surface area contributed by atoms with Crippen molar-refractivity contribution in [3.63, 3.8) is 0 Å². The third kappa shape index (κ3) is 3.29. The van der Waals surface area contributed by atoms with E-state index < -0.39 is 0 Å². The summed E-state index contributed by atoms with van der Waals surface area (Å²) in [5.41, 5.74) is 2.16. The molecule has 0 spiro atoms. The van der Waals surface area contributed by atoms with Gasteiger partial charge in [0.25, 0.3) is 0 Å². The van der Waals surface area contributed by atoms with E-state index in [-0.39, 0.29) is 18.9 Å². The standard InChI is InChI=1S/C14H13O2.Li/c1-15-13-7-3-11(4-8-13)12-5-9-14(16-2)10-6-12;/h3-5,7-10H,1-2H3;/q-1;+1. The molecule has 2 nitrogen and oxygen atoms in total. The van der Waals surface area contributed by atoms with Crippen LogP contribution in [-0.2, 0) is 0 Å². The van der Waals surface area contributed by atoms with Crippen molar-refractivity contribution in [3.05, 3.63) is 48.5 Å². The maximum Gasteiger partial charge on any atom is 1.00 e. The summed E-state index contributed by atoms with van der Waals surface area (Å²) < 4.78 is 10.2. The van der Waals surface area contributed by atoms with Crippen LogP contribution in [0, 0.1) is 6.07 Å². The van der Waals surface area contributed by atoms with E-state index in [0.29, 0.717) is 0 Å². The second-order valence-corrected chi connectivity index (χ2v) is 3.37. The largest absolute Gasteiger partial charge is 1.00 e. The van der Waals surface area contributed by atoms with E-state index in [1.165, 1.54) is 0 Å². The van der Waals surface area contributed by atoms with Gasteiger partial charge in [-0.25, -0.2) is 0 Å². The second-order valence-electron chi connectivity index (χ2n) is 3.37. The zero-order chi connectivity index (χ0) is 11.4. The second kappa shape index (κ2) is 6.39. The van der Waals surface area contributed by atoms with Gasteiger partial charge in [-0.05, 0) is 12.1 Å². The van der Waals surface area contributed by atoms with Crippen LogP contribution in [0.15, 0.2) is 42.5 Å². The zero-order valence-electron chi connectivity index (χ0n) is 10.4. The van der Waals surface area contributed by atoms with Gasteiger partial charge in [0.1, 0.15) is 5.75 Å². The number of benzene rings is 2. The minimum absolute atomic E-state index is 0. The first-order chi connectivity index (χ1) is 7.83. The Kier molecular flexibility index (Phi) is 5.15. The van der Waals surface area contributed by atoms with Crippen LogP contribution in [0.5, 0.6) is 11.5 Å². The molecule has 0 saturated carbocycles. The minimum atomic E-state index is 0. The molecule has 82 valence electrons. The van der Waals surface area contributed by atoms with E-state index in [4.69, 9.17) is 9.47 Å². The molecule has 2 aromatic carbocycles. The van der Waals surface area contributed by atoms with Crippen molar-refractivity contribution in [2.24, 2.45) is 0 Å². The number of hydrogen-bond acceptors (Lipinski definition) is 2. The number of methoxy groups -OCH3 is 2. The van der Waals surface area contributed by atoms with Crippen molar-refractivity contribution in [2.75, 3.05) is 14.2 Å². The first-order valence-corrected chi connectivity index (χ1v) is 5.03. The fraction of sp³-hybridized carbons (Fsp3) is 0.143. The van der Waals surface area contributed by atoms with Gasteiger partial charge in [0.05, 0.1) is 14.2 Å². The summed E-state index contributed by atoms with van der Waals surface area (Å²) in [6.07, 6.45) is 0. The zero-order valence-corrected chi connectivity index (χ0v) is 10.4. The van der Waals surface area contributed by atoms with E-state index in [0.717, 1.165) is 22.6 Å². The van der Waals surface area contributed by atoms with Crippen LogP contribution in [0.2, 0.25) is 0 Å².